The summed E-state index contributed by atoms with van der Waals surface area (Å²) in [5.74, 6) is -0.397. The third kappa shape index (κ3) is 7.22. The molecule has 0 heterocycles. The van der Waals surface area contributed by atoms with Crippen molar-refractivity contribution in [2.24, 2.45) is 0 Å². The number of benzene rings is 4. The molecule has 0 aliphatic heterocycles. The van der Waals surface area contributed by atoms with Gasteiger partial charge < -0.3 is 9.64 Å². The highest BCUT2D eigenvalue weighted by Crippen LogP contribution is 2.37. The molecule has 1 atom stereocenters. The standard InChI is InChI=1S/C31H25F6NO2/c1-21(24-10-6-3-7-11-24)38(19-22-12-14-28(15-13-22)40-20-23-8-4-2-5-9-23)29(39)25-16-26(30(32,33)34)18-27(17-25)31(35,36)37/h2-18,21H,19-20H2,1H3. The van der Waals surface area contributed by atoms with Crippen LogP contribution in [0.1, 0.15) is 51.1 Å². The highest BCUT2D eigenvalue weighted by molar-refractivity contribution is 5.95. The summed E-state index contributed by atoms with van der Waals surface area (Å²) in [4.78, 5) is 14.9. The molecule has 4 aromatic rings. The van der Waals surface area contributed by atoms with E-state index in [1.54, 1.807) is 61.5 Å². The monoisotopic (exact) mass is 557 g/mol. The Bertz CT molecular complexity index is 1390. The lowest BCUT2D eigenvalue weighted by molar-refractivity contribution is -0.143. The minimum atomic E-state index is -5.07. The number of amides is 1. The number of carbonyl (C=O) groups excluding carboxylic acids is 1. The van der Waals surface area contributed by atoms with E-state index < -0.39 is 41.0 Å². The average molecular weight is 558 g/mol. The average Bonchev–Trinajstić information content (AvgIpc) is 2.94. The molecular formula is C31H25F6NO2. The van der Waals surface area contributed by atoms with Crippen molar-refractivity contribution in [2.75, 3.05) is 0 Å². The van der Waals surface area contributed by atoms with E-state index >= 15 is 0 Å². The first-order valence-corrected chi connectivity index (χ1v) is 12.3. The third-order valence-electron chi connectivity index (χ3n) is 6.37. The summed E-state index contributed by atoms with van der Waals surface area (Å²) in [7, 11) is 0. The fourth-order valence-corrected chi connectivity index (χ4v) is 4.17. The molecule has 1 unspecified atom stereocenters. The maximum atomic E-state index is 13.6. The van der Waals surface area contributed by atoms with Crippen LogP contribution in [0.25, 0.3) is 0 Å². The van der Waals surface area contributed by atoms with Gasteiger partial charge in [-0.05, 0) is 53.9 Å². The first-order chi connectivity index (χ1) is 18.9. The minimum absolute atomic E-state index is 0.00983. The number of ether oxygens (including phenoxy) is 1. The van der Waals surface area contributed by atoms with Gasteiger partial charge in [-0.3, -0.25) is 4.79 Å². The summed E-state index contributed by atoms with van der Waals surface area (Å²) in [6.45, 7) is 1.95. The maximum absolute atomic E-state index is 13.6. The highest BCUT2D eigenvalue weighted by Gasteiger charge is 2.38. The number of alkyl halides is 6. The first kappa shape index (κ1) is 28.7. The van der Waals surface area contributed by atoms with Crippen molar-refractivity contribution < 1.29 is 35.9 Å². The van der Waals surface area contributed by atoms with Crippen LogP contribution in [0.2, 0.25) is 0 Å². The molecule has 3 nitrogen and oxygen atoms in total. The number of carbonyl (C=O) groups is 1. The molecule has 0 radical (unpaired) electrons. The van der Waals surface area contributed by atoms with Gasteiger partial charge in [0.15, 0.2) is 0 Å². The van der Waals surface area contributed by atoms with Gasteiger partial charge in [0.25, 0.3) is 5.91 Å². The van der Waals surface area contributed by atoms with E-state index in [9.17, 15) is 31.1 Å². The molecule has 0 spiro atoms. The SMILES string of the molecule is CC(c1ccccc1)N(Cc1ccc(OCc2ccccc2)cc1)C(=O)c1cc(C(F)(F)F)cc(C(F)(F)F)c1. The van der Waals surface area contributed by atoms with Crippen molar-refractivity contribution in [2.45, 2.75) is 38.5 Å². The molecule has 0 aliphatic carbocycles. The van der Waals surface area contributed by atoms with Gasteiger partial charge in [-0.1, -0.05) is 72.8 Å². The Hall–Kier alpha value is -4.27. The Morgan fingerprint density at radius 1 is 0.725 bits per heavy atom. The number of halogens is 6. The lowest BCUT2D eigenvalue weighted by Gasteiger charge is -2.30. The van der Waals surface area contributed by atoms with Gasteiger partial charge in [0.2, 0.25) is 0 Å². The molecule has 1 amide bonds. The predicted octanol–water partition coefficient (Wildman–Crippen LogP) is 8.71. The third-order valence-corrected chi connectivity index (χ3v) is 6.37. The summed E-state index contributed by atoms with van der Waals surface area (Å²) in [6, 6.07) is 25.3. The Balaban J connectivity index is 1.65. The van der Waals surface area contributed by atoms with Crippen LogP contribution in [0.4, 0.5) is 26.3 Å². The van der Waals surface area contributed by atoms with Gasteiger partial charge in [0, 0.05) is 12.1 Å². The molecule has 0 fully saturated rings. The zero-order valence-corrected chi connectivity index (χ0v) is 21.3. The summed E-state index contributed by atoms with van der Waals surface area (Å²) in [5.41, 5.74) is -1.53. The van der Waals surface area contributed by atoms with Crippen molar-refractivity contribution in [1.29, 1.82) is 0 Å². The topological polar surface area (TPSA) is 29.5 Å². The van der Waals surface area contributed by atoms with E-state index in [4.69, 9.17) is 4.74 Å². The molecule has 0 saturated carbocycles. The van der Waals surface area contributed by atoms with Crippen molar-refractivity contribution in [3.8, 4) is 5.75 Å². The van der Waals surface area contributed by atoms with Crippen LogP contribution in [-0.2, 0) is 25.5 Å². The smallest absolute Gasteiger partial charge is 0.416 e. The summed E-state index contributed by atoms with van der Waals surface area (Å²) < 4.78 is 86.6. The van der Waals surface area contributed by atoms with Crippen LogP contribution in [0, 0.1) is 0 Å². The molecule has 9 heteroatoms. The summed E-state index contributed by atoms with van der Waals surface area (Å²) in [5, 5.41) is 0. The van der Waals surface area contributed by atoms with E-state index in [0.717, 1.165) is 5.56 Å². The summed E-state index contributed by atoms with van der Waals surface area (Å²) in [6.07, 6.45) is -10.1. The van der Waals surface area contributed by atoms with Crippen molar-refractivity contribution >= 4 is 5.91 Å². The van der Waals surface area contributed by atoms with Gasteiger partial charge in [-0.25, -0.2) is 0 Å². The molecule has 208 valence electrons. The molecular weight excluding hydrogens is 532 g/mol. The fourth-order valence-electron chi connectivity index (χ4n) is 4.17. The lowest BCUT2D eigenvalue weighted by Crippen LogP contribution is -2.33. The van der Waals surface area contributed by atoms with Crippen molar-refractivity contribution in [3.63, 3.8) is 0 Å². The van der Waals surface area contributed by atoms with E-state index in [1.807, 2.05) is 30.3 Å². The Labute approximate surface area is 227 Å². The molecule has 0 N–H and O–H groups in total. The number of nitrogens with zero attached hydrogens (tertiary/aromatic N) is 1. The number of hydrogen-bond donors (Lipinski definition) is 0. The molecule has 4 rings (SSSR count). The normalized spacial score (nSPS) is 12.6. The zero-order valence-electron chi connectivity index (χ0n) is 21.3. The maximum Gasteiger partial charge on any atom is 0.416 e. The van der Waals surface area contributed by atoms with E-state index in [-0.39, 0.29) is 12.6 Å². The van der Waals surface area contributed by atoms with Crippen LogP contribution >= 0.6 is 0 Å². The van der Waals surface area contributed by atoms with Gasteiger partial charge >= 0.3 is 12.4 Å². The number of rotatable bonds is 8. The quantitative estimate of drug-likeness (QED) is 0.203. The second-order valence-corrected chi connectivity index (χ2v) is 9.23. The molecule has 0 bridgehead atoms. The van der Waals surface area contributed by atoms with Gasteiger partial charge in [0.05, 0.1) is 17.2 Å². The molecule has 40 heavy (non-hydrogen) atoms. The van der Waals surface area contributed by atoms with Crippen LogP contribution in [0.5, 0.6) is 5.75 Å². The van der Waals surface area contributed by atoms with Gasteiger partial charge in [-0.2, -0.15) is 26.3 Å². The lowest BCUT2D eigenvalue weighted by atomic mass is 10.0. The van der Waals surface area contributed by atoms with Crippen LogP contribution < -0.4 is 4.74 Å². The van der Waals surface area contributed by atoms with Crippen LogP contribution in [0.15, 0.2) is 103 Å². The van der Waals surface area contributed by atoms with Crippen molar-refractivity contribution in [3.05, 3.63) is 137 Å². The first-order valence-electron chi connectivity index (χ1n) is 12.3. The molecule has 0 aliphatic rings. The van der Waals surface area contributed by atoms with E-state index in [1.165, 1.54) is 4.90 Å². The second-order valence-electron chi connectivity index (χ2n) is 9.23. The molecule has 0 saturated heterocycles. The van der Waals surface area contributed by atoms with Crippen LogP contribution in [0.3, 0.4) is 0 Å². The second kappa shape index (κ2) is 11.9. The van der Waals surface area contributed by atoms with E-state index in [0.29, 0.717) is 35.6 Å². The Morgan fingerprint density at radius 2 is 1.25 bits per heavy atom. The largest absolute Gasteiger partial charge is 0.489 e. The fraction of sp³-hybridized carbons (Fsp3) is 0.194. The number of hydrogen-bond acceptors (Lipinski definition) is 2. The van der Waals surface area contributed by atoms with Crippen LogP contribution in [-0.4, -0.2) is 10.8 Å². The summed E-state index contributed by atoms with van der Waals surface area (Å²) >= 11 is 0. The van der Waals surface area contributed by atoms with E-state index in [2.05, 4.69) is 0 Å². The van der Waals surface area contributed by atoms with Gasteiger partial charge in [0.1, 0.15) is 12.4 Å². The highest BCUT2D eigenvalue weighted by atomic mass is 19.4. The molecule has 4 aromatic carbocycles. The molecule has 0 aromatic heterocycles. The Morgan fingerprint density at radius 3 is 1.77 bits per heavy atom. The zero-order chi connectivity index (χ0) is 28.9. The van der Waals surface area contributed by atoms with Crippen molar-refractivity contribution in [1.82, 2.24) is 4.90 Å². The van der Waals surface area contributed by atoms with Gasteiger partial charge in [-0.15, -0.1) is 0 Å². The Kier molecular flexibility index (Phi) is 8.52. The predicted molar refractivity (Wildman–Crippen MR) is 138 cm³/mol. The minimum Gasteiger partial charge on any atom is -0.489 e.